The quantitative estimate of drug-likeness (QED) is 0.896. The summed E-state index contributed by atoms with van der Waals surface area (Å²) in [5.74, 6) is 0.979. The zero-order chi connectivity index (χ0) is 18.8. The van der Waals surface area contributed by atoms with E-state index < -0.39 is 0 Å². The number of rotatable bonds is 4. The van der Waals surface area contributed by atoms with Gasteiger partial charge in [-0.1, -0.05) is 11.2 Å². The Morgan fingerprint density at radius 1 is 1.26 bits per heavy atom. The van der Waals surface area contributed by atoms with Crippen molar-refractivity contribution < 1.29 is 14.1 Å². The molecule has 6 heteroatoms. The van der Waals surface area contributed by atoms with Crippen LogP contribution in [0.3, 0.4) is 0 Å². The zero-order valence-corrected chi connectivity index (χ0v) is 16.1. The van der Waals surface area contributed by atoms with Crippen molar-refractivity contribution in [3.63, 3.8) is 0 Å². The van der Waals surface area contributed by atoms with E-state index in [4.69, 9.17) is 9.26 Å². The molecule has 2 aromatic rings. The largest absolute Gasteiger partial charge is 0.379 e. The molecule has 0 radical (unpaired) electrons. The Balaban J connectivity index is 1.42. The number of aryl methyl sites for hydroxylation is 3. The molecule has 1 amide bonds. The Hall–Kier alpha value is -2.18. The number of aromatic nitrogens is 1. The molecule has 1 saturated heterocycles. The first-order chi connectivity index (χ1) is 13.1. The van der Waals surface area contributed by atoms with E-state index >= 15 is 0 Å². The van der Waals surface area contributed by atoms with Crippen LogP contribution < -0.4 is 5.32 Å². The normalized spacial score (nSPS) is 20.3. The number of fused-ring (bicyclic) bond motifs is 1. The van der Waals surface area contributed by atoms with Gasteiger partial charge in [0.15, 0.2) is 0 Å². The summed E-state index contributed by atoms with van der Waals surface area (Å²) in [5, 5.41) is 7.52. The molecule has 1 aromatic heterocycles. The molecule has 1 fully saturated rings. The average molecular weight is 369 g/mol. The van der Waals surface area contributed by atoms with Gasteiger partial charge in [0, 0.05) is 43.2 Å². The van der Waals surface area contributed by atoms with Crippen LogP contribution in [0.15, 0.2) is 22.7 Å². The van der Waals surface area contributed by atoms with E-state index in [1.165, 1.54) is 11.1 Å². The molecular weight excluding hydrogens is 342 g/mol. The lowest BCUT2D eigenvalue weighted by atomic mass is 9.91. The molecule has 144 valence electrons. The van der Waals surface area contributed by atoms with Crippen molar-refractivity contribution in [1.82, 2.24) is 15.4 Å². The maximum atomic E-state index is 12.7. The lowest BCUT2D eigenvalue weighted by Gasteiger charge is -2.27. The summed E-state index contributed by atoms with van der Waals surface area (Å²) in [7, 11) is 0. The summed E-state index contributed by atoms with van der Waals surface area (Å²) < 4.78 is 11.0. The molecule has 1 aliphatic carbocycles. The molecule has 1 aliphatic heterocycles. The van der Waals surface area contributed by atoms with Gasteiger partial charge < -0.3 is 14.6 Å². The van der Waals surface area contributed by atoms with E-state index in [1.54, 1.807) is 0 Å². The topological polar surface area (TPSA) is 67.6 Å². The number of nitrogens with one attached hydrogen (secondary N) is 1. The smallest absolute Gasteiger partial charge is 0.251 e. The molecule has 0 saturated carbocycles. The average Bonchev–Trinajstić information content (AvgIpc) is 3.07. The Morgan fingerprint density at radius 2 is 2.07 bits per heavy atom. The molecule has 0 bridgehead atoms. The molecule has 4 rings (SSSR count). The van der Waals surface area contributed by atoms with Crippen LogP contribution >= 0.6 is 0 Å². The number of morpholine rings is 1. The number of hydrogen-bond acceptors (Lipinski definition) is 5. The molecule has 27 heavy (non-hydrogen) atoms. The van der Waals surface area contributed by atoms with Crippen molar-refractivity contribution in [3.8, 4) is 0 Å². The van der Waals surface area contributed by atoms with Crippen molar-refractivity contribution in [2.45, 2.75) is 45.7 Å². The van der Waals surface area contributed by atoms with E-state index in [2.05, 4.69) is 22.3 Å². The highest BCUT2D eigenvalue weighted by atomic mass is 16.5. The van der Waals surface area contributed by atoms with Crippen molar-refractivity contribution >= 4 is 5.91 Å². The Bertz CT molecular complexity index is 824. The Morgan fingerprint density at radius 3 is 2.85 bits per heavy atom. The number of ether oxygens (including phenoxy) is 1. The molecule has 6 nitrogen and oxygen atoms in total. The van der Waals surface area contributed by atoms with E-state index in [0.29, 0.717) is 0 Å². The molecular formula is C21H27N3O3. The second kappa shape index (κ2) is 7.82. The van der Waals surface area contributed by atoms with E-state index in [-0.39, 0.29) is 11.9 Å². The molecule has 1 unspecified atom stereocenters. The molecule has 1 N–H and O–H groups in total. The minimum Gasteiger partial charge on any atom is -0.379 e. The lowest BCUT2D eigenvalue weighted by Crippen LogP contribution is -2.39. The van der Waals surface area contributed by atoms with Gasteiger partial charge in [0.05, 0.1) is 13.2 Å². The predicted octanol–water partition coefficient (Wildman–Crippen LogP) is 2.41. The molecule has 0 spiro atoms. The third-order valence-corrected chi connectivity index (χ3v) is 5.70. The van der Waals surface area contributed by atoms with Crippen LogP contribution in [0.2, 0.25) is 0 Å². The van der Waals surface area contributed by atoms with Crippen molar-refractivity contribution in [3.05, 3.63) is 51.9 Å². The summed E-state index contributed by atoms with van der Waals surface area (Å²) in [6, 6.07) is 5.98. The van der Waals surface area contributed by atoms with E-state index in [9.17, 15) is 4.79 Å². The molecule has 2 heterocycles. The van der Waals surface area contributed by atoms with Crippen molar-refractivity contribution in [2.24, 2.45) is 0 Å². The summed E-state index contributed by atoms with van der Waals surface area (Å²) in [5.41, 5.74) is 5.25. The van der Waals surface area contributed by atoms with Crippen molar-refractivity contribution in [1.29, 1.82) is 0 Å². The number of nitrogens with zero attached hydrogens (tertiary/aromatic N) is 2. The maximum absolute atomic E-state index is 12.7. The van der Waals surface area contributed by atoms with Crippen LogP contribution in [-0.2, 0) is 24.1 Å². The monoisotopic (exact) mass is 369 g/mol. The lowest BCUT2D eigenvalue weighted by molar-refractivity contribution is 0.0331. The van der Waals surface area contributed by atoms with Gasteiger partial charge in [0.2, 0.25) is 0 Å². The van der Waals surface area contributed by atoms with Crippen molar-refractivity contribution in [2.75, 3.05) is 26.3 Å². The number of amides is 1. The molecule has 2 aliphatic rings. The van der Waals surface area contributed by atoms with Crippen LogP contribution in [0.25, 0.3) is 0 Å². The highest BCUT2D eigenvalue weighted by Crippen LogP contribution is 2.26. The van der Waals surface area contributed by atoms with Gasteiger partial charge >= 0.3 is 0 Å². The Labute approximate surface area is 159 Å². The Kier molecular flexibility index (Phi) is 5.27. The minimum atomic E-state index is -0.00210. The minimum absolute atomic E-state index is 0.00210. The van der Waals surface area contributed by atoms with Crippen LogP contribution in [0.1, 0.15) is 44.9 Å². The first-order valence-corrected chi connectivity index (χ1v) is 9.74. The number of carbonyl (C=O) groups excluding carboxylic acids is 1. The number of hydrogen-bond donors (Lipinski definition) is 1. The second-order valence-electron chi connectivity index (χ2n) is 7.63. The van der Waals surface area contributed by atoms with E-state index in [1.807, 2.05) is 25.1 Å². The van der Waals surface area contributed by atoms with Crippen LogP contribution in [0, 0.1) is 13.8 Å². The number of benzene rings is 1. The third-order valence-electron chi connectivity index (χ3n) is 5.70. The zero-order valence-electron chi connectivity index (χ0n) is 16.1. The van der Waals surface area contributed by atoms with Crippen LogP contribution in [-0.4, -0.2) is 48.3 Å². The fourth-order valence-corrected chi connectivity index (χ4v) is 3.83. The van der Waals surface area contributed by atoms with Gasteiger partial charge in [-0.2, -0.15) is 0 Å². The van der Waals surface area contributed by atoms with Crippen LogP contribution in [0.5, 0.6) is 0 Å². The van der Waals surface area contributed by atoms with Gasteiger partial charge in [0.25, 0.3) is 5.91 Å². The van der Waals surface area contributed by atoms with Gasteiger partial charge in [-0.05, 0) is 49.9 Å². The first kappa shape index (κ1) is 18.2. The number of carbonyl (C=O) groups is 1. The fraction of sp³-hybridized carbons (Fsp3) is 0.524. The highest BCUT2D eigenvalue weighted by Gasteiger charge is 2.28. The first-order valence-electron chi connectivity index (χ1n) is 9.74. The summed E-state index contributed by atoms with van der Waals surface area (Å²) in [6.07, 6.45) is 2.49. The van der Waals surface area contributed by atoms with E-state index in [0.717, 1.165) is 74.7 Å². The summed E-state index contributed by atoms with van der Waals surface area (Å²) in [4.78, 5) is 15.0. The SMILES string of the molecule is Cc1ccc(C(=O)NC2CCc3onc(CN4CCOCC4)c3C2)cc1C. The van der Waals surface area contributed by atoms with Gasteiger partial charge in [-0.3, -0.25) is 9.69 Å². The summed E-state index contributed by atoms with van der Waals surface area (Å²) >= 11 is 0. The second-order valence-corrected chi connectivity index (χ2v) is 7.63. The maximum Gasteiger partial charge on any atom is 0.251 e. The molecule has 1 aromatic carbocycles. The van der Waals surface area contributed by atoms with Gasteiger partial charge in [-0.25, -0.2) is 0 Å². The highest BCUT2D eigenvalue weighted by molar-refractivity contribution is 5.94. The van der Waals surface area contributed by atoms with Gasteiger partial charge in [-0.15, -0.1) is 0 Å². The third kappa shape index (κ3) is 4.06. The predicted molar refractivity (Wildman–Crippen MR) is 102 cm³/mol. The van der Waals surface area contributed by atoms with Gasteiger partial charge in [0.1, 0.15) is 11.5 Å². The summed E-state index contributed by atoms with van der Waals surface area (Å²) in [6.45, 7) is 8.28. The molecule has 1 atom stereocenters. The fourth-order valence-electron chi connectivity index (χ4n) is 3.83. The van der Waals surface area contributed by atoms with Crippen LogP contribution in [0.4, 0.5) is 0 Å². The standard InChI is InChI=1S/C21H27N3O3/c1-14-3-4-16(11-15(14)2)21(25)22-17-5-6-20-18(12-17)19(23-27-20)13-24-7-9-26-10-8-24/h3-4,11,17H,5-10,12-13H2,1-2H3,(H,22,25).